The highest BCUT2D eigenvalue weighted by Gasteiger charge is 2.19. The predicted molar refractivity (Wildman–Crippen MR) is 110 cm³/mol. The van der Waals surface area contributed by atoms with Crippen LogP contribution in [0.2, 0.25) is 5.02 Å². The van der Waals surface area contributed by atoms with Crippen LogP contribution in [0.5, 0.6) is 5.75 Å². The molecule has 0 spiro atoms. The Morgan fingerprint density at radius 2 is 1.86 bits per heavy atom. The van der Waals surface area contributed by atoms with Crippen LogP contribution in [0.3, 0.4) is 0 Å². The number of ether oxygens (including phenoxy) is 1. The Balaban J connectivity index is 1.18. The molecule has 148 valence electrons. The fourth-order valence-corrected chi connectivity index (χ4v) is 3.77. The van der Waals surface area contributed by atoms with Crippen LogP contribution >= 0.6 is 11.6 Å². The molecule has 2 aromatic heterocycles. The molecule has 28 heavy (non-hydrogen) atoms. The minimum atomic E-state index is 0.437. The largest absolute Gasteiger partial charge is 0.493 e. The molecule has 1 fully saturated rings. The van der Waals surface area contributed by atoms with E-state index in [1.165, 1.54) is 19.2 Å². The minimum Gasteiger partial charge on any atom is -0.493 e. The highest BCUT2D eigenvalue weighted by Crippen LogP contribution is 2.21. The van der Waals surface area contributed by atoms with Crippen LogP contribution in [0.25, 0.3) is 11.2 Å². The summed E-state index contributed by atoms with van der Waals surface area (Å²) in [5.74, 6) is 1.94. The molecule has 1 aliphatic heterocycles. The first-order valence-electron chi connectivity index (χ1n) is 9.71. The van der Waals surface area contributed by atoms with Crippen LogP contribution in [-0.2, 0) is 6.54 Å². The third-order valence-electron chi connectivity index (χ3n) is 5.31. The van der Waals surface area contributed by atoms with Gasteiger partial charge in [-0.15, -0.1) is 0 Å². The second-order valence-electron chi connectivity index (χ2n) is 7.27. The SMILES string of the molecule is Nc1ncnc2c1ncn2CCCN1CCC(COc2ccc(Cl)cc2)CC1. The van der Waals surface area contributed by atoms with Gasteiger partial charge in [0, 0.05) is 11.6 Å². The fraction of sp³-hybridized carbons (Fsp3) is 0.450. The van der Waals surface area contributed by atoms with Crippen molar-refractivity contribution >= 4 is 28.6 Å². The number of aryl methyl sites for hydroxylation is 1. The molecule has 0 atom stereocenters. The van der Waals surface area contributed by atoms with Crippen molar-refractivity contribution in [2.45, 2.75) is 25.8 Å². The van der Waals surface area contributed by atoms with Gasteiger partial charge < -0.3 is 19.9 Å². The van der Waals surface area contributed by atoms with Crippen molar-refractivity contribution in [3.05, 3.63) is 41.9 Å². The average Bonchev–Trinajstić information content (AvgIpc) is 3.13. The van der Waals surface area contributed by atoms with E-state index in [1.807, 2.05) is 24.3 Å². The Bertz CT molecular complexity index is 905. The van der Waals surface area contributed by atoms with Gasteiger partial charge in [-0.3, -0.25) is 0 Å². The number of nitrogen functional groups attached to an aromatic ring is 1. The summed E-state index contributed by atoms with van der Waals surface area (Å²) in [4.78, 5) is 15.1. The zero-order chi connectivity index (χ0) is 19.3. The fourth-order valence-electron chi connectivity index (χ4n) is 3.65. The van der Waals surface area contributed by atoms with E-state index in [2.05, 4.69) is 24.4 Å². The highest BCUT2D eigenvalue weighted by molar-refractivity contribution is 6.30. The van der Waals surface area contributed by atoms with Gasteiger partial charge in [-0.2, -0.15) is 0 Å². The summed E-state index contributed by atoms with van der Waals surface area (Å²) >= 11 is 5.91. The van der Waals surface area contributed by atoms with Crippen molar-refractivity contribution in [3.8, 4) is 5.75 Å². The van der Waals surface area contributed by atoms with Gasteiger partial charge in [0.25, 0.3) is 0 Å². The number of anilines is 1. The van der Waals surface area contributed by atoms with Crippen molar-refractivity contribution in [2.75, 3.05) is 32.0 Å². The van der Waals surface area contributed by atoms with Crippen LogP contribution in [0.4, 0.5) is 5.82 Å². The molecule has 3 heterocycles. The second kappa shape index (κ2) is 8.75. The average molecular weight is 401 g/mol. The molecule has 8 heteroatoms. The molecule has 0 aliphatic carbocycles. The molecule has 0 amide bonds. The van der Waals surface area contributed by atoms with Crippen molar-refractivity contribution in [1.29, 1.82) is 0 Å². The summed E-state index contributed by atoms with van der Waals surface area (Å²) < 4.78 is 7.96. The van der Waals surface area contributed by atoms with Gasteiger partial charge in [-0.05, 0) is 69.1 Å². The van der Waals surface area contributed by atoms with E-state index in [1.54, 1.807) is 6.33 Å². The summed E-state index contributed by atoms with van der Waals surface area (Å²) in [6, 6.07) is 7.58. The Hall–Kier alpha value is -2.38. The number of imidazole rings is 1. The van der Waals surface area contributed by atoms with E-state index < -0.39 is 0 Å². The summed E-state index contributed by atoms with van der Waals surface area (Å²) in [6.45, 7) is 4.97. The maximum atomic E-state index is 5.91. The number of fused-ring (bicyclic) bond motifs is 1. The first-order chi connectivity index (χ1) is 13.7. The molecular weight excluding hydrogens is 376 g/mol. The van der Waals surface area contributed by atoms with Gasteiger partial charge in [0.2, 0.25) is 0 Å². The molecule has 3 aromatic rings. The van der Waals surface area contributed by atoms with Crippen LogP contribution in [-0.4, -0.2) is 50.7 Å². The summed E-state index contributed by atoms with van der Waals surface area (Å²) in [5.41, 5.74) is 7.34. The van der Waals surface area contributed by atoms with Crippen LogP contribution < -0.4 is 10.5 Å². The summed E-state index contributed by atoms with van der Waals surface area (Å²) in [7, 11) is 0. The Kier molecular flexibility index (Phi) is 5.92. The number of hydrogen-bond donors (Lipinski definition) is 1. The first kappa shape index (κ1) is 19.0. The van der Waals surface area contributed by atoms with E-state index in [0.29, 0.717) is 17.3 Å². The quantitative estimate of drug-likeness (QED) is 0.655. The number of piperidine rings is 1. The standard InChI is InChI=1S/C20H25ClN6O/c21-16-2-4-17(5-3-16)28-12-15-6-10-26(11-7-15)8-1-9-27-14-25-18-19(22)23-13-24-20(18)27/h2-5,13-15H,1,6-12H2,(H2,22,23,24). The molecule has 1 aliphatic rings. The molecule has 0 unspecified atom stereocenters. The van der Waals surface area contributed by atoms with Crippen LogP contribution in [0.1, 0.15) is 19.3 Å². The molecule has 1 saturated heterocycles. The zero-order valence-electron chi connectivity index (χ0n) is 15.8. The van der Waals surface area contributed by atoms with Crippen LogP contribution in [0, 0.1) is 5.92 Å². The van der Waals surface area contributed by atoms with Gasteiger partial charge in [0.1, 0.15) is 17.6 Å². The summed E-state index contributed by atoms with van der Waals surface area (Å²) in [5, 5.41) is 0.736. The smallest absolute Gasteiger partial charge is 0.165 e. The Morgan fingerprint density at radius 3 is 2.64 bits per heavy atom. The highest BCUT2D eigenvalue weighted by atomic mass is 35.5. The minimum absolute atomic E-state index is 0.437. The van der Waals surface area contributed by atoms with Crippen molar-refractivity contribution in [2.24, 2.45) is 5.92 Å². The topological polar surface area (TPSA) is 82.1 Å². The number of rotatable bonds is 7. The molecule has 0 bridgehead atoms. The van der Waals surface area contributed by atoms with Crippen molar-refractivity contribution < 1.29 is 4.74 Å². The molecule has 0 radical (unpaired) electrons. The zero-order valence-corrected chi connectivity index (χ0v) is 16.6. The van der Waals surface area contributed by atoms with Gasteiger partial charge in [-0.1, -0.05) is 11.6 Å². The van der Waals surface area contributed by atoms with Crippen molar-refractivity contribution in [1.82, 2.24) is 24.4 Å². The van der Waals surface area contributed by atoms with Gasteiger partial charge in [-0.25, -0.2) is 15.0 Å². The Labute approximate surface area is 169 Å². The first-order valence-corrected chi connectivity index (χ1v) is 10.1. The lowest BCUT2D eigenvalue weighted by atomic mass is 9.97. The maximum Gasteiger partial charge on any atom is 0.165 e. The lowest BCUT2D eigenvalue weighted by Gasteiger charge is -2.31. The van der Waals surface area contributed by atoms with Gasteiger partial charge >= 0.3 is 0 Å². The molecule has 0 saturated carbocycles. The van der Waals surface area contributed by atoms with Gasteiger partial charge in [0.15, 0.2) is 11.5 Å². The van der Waals surface area contributed by atoms with E-state index in [4.69, 9.17) is 22.1 Å². The van der Waals surface area contributed by atoms with Crippen LogP contribution in [0.15, 0.2) is 36.9 Å². The van der Waals surface area contributed by atoms with E-state index in [9.17, 15) is 0 Å². The number of nitrogens with two attached hydrogens (primary N) is 1. The summed E-state index contributed by atoms with van der Waals surface area (Å²) in [6.07, 6.45) is 6.70. The number of benzene rings is 1. The number of aromatic nitrogens is 4. The maximum absolute atomic E-state index is 5.91. The molecule has 4 rings (SSSR count). The third-order valence-corrected chi connectivity index (χ3v) is 5.56. The van der Waals surface area contributed by atoms with E-state index in [-0.39, 0.29) is 0 Å². The Morgan fingerprint density at radius 1 is 1.07 bits per heavy atom. The van der Waals surface area contributed by atoms with Gasteiger partial charge in [0.05, 0.1) is 12.9 Å². The van der Waals surface area contributed by atoms with E-state index in [0.717, 1.165) is 55.6 Å². The number of hydrogen-bond acceptors (Lipinski definition) is 6. The number of likely N-dealkylation sites (tertiary alicyclic amines) is 1. The third kappa shape index (κ3) is 4.54. The monoisotopic (exact) mass is 400 g/mol. The number of nitrogens with zero attached hydrogens (tertiary/aromatic N) is 5. The molecule has 7 nitrogen and oxygen atoms in total. The predicted octanol–water partition coefficient (Wildman–Crippen LogP) is 3.24. The van der Waals surface area contributed by atoms with E-state index >= 15 is 0 Å². The molecule has 1 aromatic carbocycles. The number of halogens is 1. The van der Waals surface area contributed by atoms with Crippen molar-refractivity contribution in [3.63, 3.8) is 0 Å². The lowest BCUT2D eigenvalue weighted by Crippen LogP contribution is -2.36. The normalized spacial score (nSPS) is 15.9. The second-order valence-corrected chi connectivity index (χ2v) is 7.71. The molecular formula is C20H25ClN6O. The lowest BCUT2D eigenvalue weighted by molar-refractivity contribution is 0.139. The molecule has 2 N–H and O–H groups in total.